The number of carbonyl (C=O) groups is 1. The van der Waals surface area contributed by atoms with Crippen molar-refractivity contribution in [2.45, 2.75) is 0 Å². The smallest absolute Gasteiger partial charge is 0.320 e. The second kappa shape index (κ2) is 4.17. The van der Waals surface area contributed by atoms with Crippen molar-refractivity contribution >= 4 is 11.8 Å². The average Bonchev–Trinajstić information content (AvgIpc) is 2.53. The minimum Gasteiger partial charge on any atom is -0.334 e. The van der Waals surface area contributed by atoms with Gasteiger partial charge in [-0.25, -0.2) is 4.79 Å². The van der Waals surface area contributed by atoms with E-state index in [-0.39, 0.29) is 6.03 Å². The first-order valence-electron chi connectivity index (χ1n) is 3.48. The number of amides is 2. The fraction of sp³-hybridized carbons (Fsp3) is 0.143. The number of anilines is 1. The monoisotopic (exact) mass is 166 g/mol. The van der Waals surface area contributed by atoms with Gasteiger partial charge in [0, 0.05) is 12.6 Å². The molecule has 0 bridgehead atoms. The molecule has 12 heavy (non-hydrogen) atoms. The maximum absolute atomic E-state index is 11.0. The lowest BCUT2D eigenvalue weighted by atomic mass is 10.6. The van der Waals surface area contributed by atoms with E-state index >= 15 is 0 Å². The second-order valence-electron chi connectivity index (χ2n) is 2.09. The summed E-state index contributed by atoms with van der Waals surface area (Å²) in [5.74, 6) is 0.566. The normalized spacial score (nSPS) is 9.00. The Labute approximate surface area is 69.9 Å². The molecule has 0 aliphatic carbocycles. The van der Waals surface area contributed by atoms with Gasteiger partial charge in [0.15, 0.2) is 0 Å². The van der Waals surface area contributed by atoms with Gasteiger partial charge in [0.25, 0.3) is 0 Å². The van der Waals surface area contributed by atoms with Crippen LogP contribution in [0.1, 0.15) is 0 Å². The number of aromatic nitrogens is 2. The van der Waals surface area contributed by atoms with Gasteiger partial charge in [-0.2, -0.15) is 5.10 Å². The van der Waals surface area contributed by atoms with Crippen LogP contribution in [0.25, 0.3) is 0 Å². The highest BCUT2D eigenvalue weighted by Crippen LogP contribution is 1.96. The summed E-state index contributed by atoms with van der Waals surface area (Å²) in [7, 11) is 0. The first-order valence-corrected chi connectivity index (χ1v) is 3.48. The van der Waals surface area contributed by atoms with Gasteiger partial charge in [-0.15, -0.1) is 6.58 Å². The van der Waals surface area contributed by atoms with Crippen LogP contribution in [0.4, 0.5) is 10.6 Å². The number of nitrogens with zero attached hydrogens (tertiary/aromatic N) is 1. The van der Waals surface area contributed by atoms with Crippen molar-refractivity contribution in [2.24, 2.45) is 0 Å². The summed E-state index contributed by atoms with van der Waals surface area (Å²) in [6.45, 7) is 3.91. The summed E-state index contributed by atoms with van der Waals surface area (Å²) in [5, 5.41) is 11.4. The Hall–Kier alpha value is -1.78. The van der Waals surface area contributed by atoms with Gasteiger partial charge < -0.3 is 5.32 Å². The van der Waals surface area contributed by atoms with Crippen molar-refractivity contribution < 1.29 is 4.79 Å². The lowest BCUT2D eigenvalue weighted by Gasteiger charge is -2.01. The van der Waals surface area contributed by atoms with Gasteiger partial charge in [0.05, 0.1) is 6.20 Å². The quantitative estimate of drug-likeness (QED) is 0.579. The maximum atomic E-state index is 11.0. The highest BCUT2D eigenvalue weighted by molar-refractivity contribution is 5.88. The van der Waals surface area contributed by atoms with Crippen molar-refractivity contribution in [2.75, 3.05) is 11.9 Å². The molecule has 1 aromatic heterocycles. The van der Waals surface area contributed by atoms with Gasteiger partial charge in [-0.1, -0.05) is 6.08 Å². The molecular formula is C7H10N4O. The van der Waals surface area contributed by atoms with Crippen molar-refractivity contribution in [1.29, 1.82) is 0 Å². The van der Waals surface area contributed by atoms with E-state index in [4.69, 9.17) is 0 Å². The fourth-order valence-electron chi connectivity index (χ4n) is 0.657. The molecule has 0 aliphatic rings. The third-order valence-corrected chi connectivity index (χ3v) is 1.16. The molecule has 0 fully saturated rings. The van der Waals surface area contributed by atoms with Gasteiger partial charge >= 0.3 is 6.03 Å². The lowest BCUT2D eigenvalue weighted by Crippen LogP contribution is -2.28. The van der Waals surface area contributed by atoms with Crippen molar-refractivity contribution in [1.82, 2.24) is 15.5 Å². The minimum atomic E-state index is -0.279. The van der Waals surface area contributed by atoms with Crippen LogP contribution in [0, 0.1) is 0 Å². The molecule has 1 aromatic rings. The van der Waals surface area contributed by atoms with Crippen LogP contribution in [-0.4, -0.2) is 22.8 Å². The molecule has 3 N–H and O–H groups in total. The van der Waals surface area contributed by atoms with Crippen molar-refractivity contribution in [3.63, 3.8) is 0 Å². The molecule has 5 nitrogen and oxygen atoms in total. The van der Waals surface area contributed by atoms with Gasteiger partial charge in [-0.05, 0) is 0 Å². The van der Waals surface area contributed by atoms with E-state index < -0.39 is 0 Å². The first kappa shape index (κ1) is 8.32. The molecule has 0 aromatic carbocycles. The van der Waals surface area contributed by atoms with Crippen LogP contribution in [0.2, 0.25) is 0 Å². The average molecular weight is 166 g/mol. The van der Waals surface area contributed by atoms with Crippen LogP contribution in [-0.2, 0) is 0 Å². The van der Waals surface area contributed by atoms with Gasteiger partial charge in [-0.3, -0.25) is 10.4 Å². The molecular weight excluding hydrogens is 156 g/mol. The van der Waals surface area contributed by atoms with E-state index in [1.165, 1.54) is 0 Å². The number of hydrogen-bond acceptors (Lipinski definition) is 2. The van der Waals surface area contributed by atoms with Crippen molar-refractivity contribution in [3.8, 4) is 0 Å². The highest BCUT2D eigenvalue weighted by atomic mass is 16.2. The molecule has 1 heterocycles. The third-order valence-electron chi connectivity index (χ3n) is 1.16. The molecule has 0 spiro atoms. The topological polar surface area (TPSA) is 69.8 Å². The standard InChI is InChI=1S/C7H10N4O/c1-2-4-8-7(12)10-6-3-5-9-11-6/h2-3,5H,1,4H2,(H3,8,9,10,11,12). The number of hydrogen-bond donors (Lipinski definition) is 3. The lowest BCUT2D eigenvalue weighted by molar-refractivity contribution is 0.253. The Morgan fingerprint density at radius 2 is 2.67 bits per heavy atom. The van der Waals surface area contributed by atoms with E-state index in [9.17, 15) is 4.79 Å². The third kappa shape index (κ3) is 2.45. The zero-order valence-corrected chi connectivity index (χ0v) is 6.50. The second-order valence-corrected chi connectivity index (χ2v) is 2.09. The molecule has 0 saturated heterocycles. The predicted molar refractivity (Wildman–Crippen MR) is 45.8 cm³/mol. The molecule has 0 unspecified atom stereocenters. The molecule has 5 heteroatoms. The van der Waals surface area contributed by atoms with Crippen LogP contribution >= 0.6 is 0 Å². The Balaban J connectivity index is 2.32. The van der Waals surface area contributed by atoms with E-state index in [1.807, 2.05) is 0 Å². The van der Waals surface area contributed by atoms with Crippen LogP contribution in [0.3, 0.4) is 0 Å². The van der Waals surface area contributed by atoms with E-state index in [1.54, 1.807) is 18.3 Å². The molecule has 0 radical (unpaired) electrons. The largest absolute Gasteiger partial charge is 0.334 e. The molecule has 0 aliphatic heterocycles. The summed E-state index contributed by atoms with van der Waals surface area (Å²) in [4.78, 5) is 11.0. The van der Waals surface area contributed by atoms with Gasteiger partial charge in [0.1, 0.15) is 5.82 Å². The van der Waals surface area contributed by atoms with E-state index in [0.29, 0.717) is 12.4 Å². The number of carbonyl (C=O) groups excluding carboxylic acids is 1. The number of aromatic amines is 1. The molecule has 0 atom stereocenters. The summed E-state index contributed by atoms with van der Waals surface area (Å²) >= 11 is 0. The fourth-order valence-corrected chi connectivity index (χ4v) is 0.657. The van der Waals surface area contributed by atoms with E-state index in [2.05, 4.69) is 27.4 Å². The van der Waals surface area contributed by atoms with Crippen LogP contribution in [0.5, 0.6) is 0 Å². The minimum absolute atomic E-state index is 0.279. The summed E-state index contributed by atoms with van der Waals surface area (Å²) in [6, 6.07) is 1.38. The molecule has 64 valence electrons. The van der Waals surface area contributed by atoms with Crippen molar-refractivity contribution in [3.05, 3.63) is 24.9 Å². The number of H-pyrrole nitrogens is 1. The Morgan fingerprint density at radius 3 is 3.25 bits per heavy atom. The number of urea groups is 1. The zero-order valence-electron chi connectivity index (χ0n) is 6.50. The Morgan fingerprint density at radius 1 is 1.83 bits per heavy atom. The van der Waals surface area contributed by atoms with Gasteiger partial charge in [0.2, 0.25) is 0 Å². The zero-order chi connectivity index (χ0) is 8.81. The summed E-state index contributed by atoms with van der Waals surface area (Å²) in [5.41, 5.74) is 0. The van der Waals surface area contributed by atoms with Crippen LogP contribution < -0.4 is 10.6 Å². The van der Waals surface area contributed by atoms with E-state index in [0.717, 1.165) is 0 Å². The highest BCUT2D eigenvalue weighted by Gasteiger charge is 1.98. The SMILES string of the molecule is C=CCNC(=O)Nc1ccn[nH]1. The molecule has 2 amide bonds. The number of rotatable bonds is 3. The summed E-state index contributed by atoms with van der Waals surface area (Å²) in [6.07, 6.45) is 3.16. The number of nitrogens with one attached hydrogen (secondary N) is 3. The Bertz CT molecular complexity index is 254. The maximum Gasteiger partial charge on any atom is 0.320 e. The Kier molecular flexibility index (Phi) is 2.89. The summed E-state index contributed by atoms with van der Waals surface area (Å²) < 4.78 is 0. The first-order chi connectivity index (χ1) is 5.83. The molecule has 1 rings (SSSR count). The molecule has 0 saturated carbocycles. The predicted octanol–water partition coefficient (Wildman–Crippen LogP) is 0.717. The van der Waals surface area contributed by atoms with Crippen LogP contribution in [0.15, 0.2) is 24.9 Å².